The molecule has 1 aliphatic heterocycles. The Kier molecular flexibility index (Phi) is 5.58. The van der Waals surface area contributed by atoms with Crippen LogP contribution in [0.2, 0.25) is 0 Å². The number of aliphatic hydroxyl groups is 1. The van der Waals surface area contributed by atoms with Crippen molar-refractivity contribution in [2.75, 3.05) is 38.7 Å². The maximum absolute atomic E-state index is 11.8. The van der Waals surface area contributed by atoms with E-state index >= 15 is 0 Å². The van der Waals surface area contributed by atoms with Crippen molar-refractivity contribution in [3.63, 3.8) is 0 Å². The fourth-order valence-corrected chi connectivity index (χ4v) is 2.41. The first-order valence-electron chi connectivity index (χ1n) is 5.78. The van der Waals surface area contributed by atoms with E-state index in [9.17, 15) is 9.90 Å². The third-order valence-electron chi connectivity index (χ3n) is 2.95. The number of nitrogens with zero attached hydrogens (tertiary/aromatic N) is 1. The highest BCUT2D eigenvalue weighted by molar-refractivity contribution is 7.98. The van der Waals surface area contributed by atoms with Crippen LogP contribution in [0.4, 0.5) is 0 Å². The fraction of sp³-hybridized carbons (Fsp3) is 0.909. The van der Waals surface area contributed by atoms with Gasteiger partial charge in [0.2, 0.25) is 0 Å². The number of amides is 1. The number of piperidine rings is 1. The molecule has 0 bridgehead atoms. The number of thioether (sulfide) groups is 1. The normalized spacial score (nSPS) is 26.2. The van der Waals surface area contributed by atoms with Gasteiger partial charge in [0.25, 0.3) is 5.91 Å². The number of hydrogen-bond acceptors (Lipinski definition) is 4. The largest absolute Gasteiger partial charge is 0.379 e. The Morgan fingerprint density at radius 1 is 1.62 bits per heavy atom. The number of carbonyl (C=O) groups is 1. The third-order valence-corrected chi connectivity index (χ3v) is 3.65. The van der Waals surface area contributed by atoms with Crippen LogP contribution < -0.4 is 5.32 Å². The first kappa shape index (κ1) is 13.8. The van der Waals surface area contributed by atoms with E-state index in [1.807, 2.05) is 11.8 Å². The van der Waals surface area contributed by atoms with Gasteiger partial charge in [0.15, 0.2) is 5.60 Å². The van der Waals surface area contributed by atoms with Crippen LogP contribution in [0.5, 0.6) is 0 Å². The number of nitrogens with one attached hydrogen (secondary N) is 1. The third kappa shape index (κ3) is 3.64. The van der Waals surface area contributed by atoms with Crippen LogP contribution in [-0.2, 0) is 4.79 Å². The summed E-state index contributed by atoms with van der Waals surface area (Å²) in [5, 5.41) is 13.4. The Hall–Kier alpha value is -0.260. The van der Waals surface area contributed by atoms with Gasteiger partial charge in [-0.15, -0.1) is 0 Å². The molecule has 0 aliphatic carbocycles. The average Bonchev–Trinajstić information content (AvgIpc) is 2.26. The molecule has 1 heterocycles. The molecule has 2 N–H and O–H groups in total. The van der Waals surface area contributed by atoms with Crippen LogP contribution in [0.1, 0.15) is 19.3 Å². The zero-order valence-electron chi connectivity index (χ0n) is 10.2. The minimum absolute atomic E-state index is 0.142. The molecule has 1 amide bonds. The minimum atomic E-state index is -1.17. The van der Waals surface area contributed by atoms with Crippen LogP contribution in [0, 0.1) is 0 Å². The van der Waals surface area contributed by atoms with E-state index in [1.54, 1.807) is 11.9 Å². The van der Waals surface area contributed by atoms with Crippen molar-refractivity contribution in [3.8, 4) is 0 Å². The van der Waals surface area contributed by atoms with Gasteiger partial charge in [-0.2, -0.15) is 11.8 Å². The van der Waals surface area contributed by atoms with E-state index in [4.69, 9.17) is 0 Å². The van der Waals surface area contributed by atoms with Crippen LogP contribution in [0.25, 0.3) is 0 Å². The molecule has 0 aromatic carbocycles. The van der Waals surface area contributed by atoms with E-state index in [2.05, 4.69) is 11.6 Å². The number of carbonyl (C=O) groups excluding carboxylic acids is 1. The van der Waals surface area contributed by atoms with Crippen molar-refractivity contribution in [2.45, 2.75) is 24.9 Å². The maximum atomic E-state index is 11.8. The summed E-state index contributed by atoms with van der Waals surface area (Å²) >= 11 is 1.81. The zero-order valence-corrected chi connectivity index (χ0v) is 11.0. The smallest absolute Gasteiger partial charge is 0.255 e. The SMILES string of the molecule is CSCCCNC[C@]1(O)CCCN(C)C1=O. The van der Waals surface area contributed by atoms with Crippen molar-refractivity contribution in [1.29, 1.82) is 0 Å². The lowest BCUT2D eigenvalue weighted by Gasteiger charge is -2.36. The average molecular weight is 246 g/mol. The summed E-state index contributed by atoms with van der Waals surface area (Å²) in [6.07, 6.45) is 4.60. The van der Waals surface area contributed by atoms with Crippen molar-refractivity contribution >= 4 is 17.7 Å². The van der Waals surface area contributed by atoms with E-state index in [1.165, 1.54) is 0 Å². The van der Waals surface area contributed by atoms with Crippen LogP contribution in [0.15, 0.2) is 0 Å². The topological polar surface area (TPSA) is 52.6 Å². The van der Waals surface area contributed by atoms with Gasteiger partial charge >= 0.3 is 0 Å². The van der Waals surface area contributed by atoms with E-state index in [0.717, 1.165) is 31.7 Å². The molecule has 0 radical (unpaired) electrons. The number of likely N-dealkylation sites (tertiary alicyclic amines) is 1. The Bertz CT molecular complexity index is 238. The quantitative estimate of drug-likeness (QED) is 0.663. The lowest BCUT2D eigenvalue weighted by atomic mass is 9.92. The van der Waals surface area contributed by atoms with Crippen LogP contribution in [-0.4, -0.2) is 60.2 Å². The molecule has 1 rings (SSSR count). The molecule has 0 unspecified atom stereocenters. The second kappa shape index (κ2) is 6.47. The molecule has 1 atom stereocenters. The minimum Gasteiger partial charge on any atom is -0.379 e. The van der Waals surface area contributed by atoms with Crippen LogP contribution in [0.3, 0.4) is 0 Å². The van der Waals surface area contributed by atoms with Crippen molar-refractivity contribution in [3.05, 3.63) is 0 Å². The second-order valence-corrected chi connectivity index (χ2v) is 5.37. The Balaban J connectivity index is 2.30. The van der Waals surface area contributed by atoms with Gasteiger partial charge in [0.1, 0.15) is 0 Å². The number of hydrogen-bond donors (Lipinski definition) is 2. The molecule has 0 saturated carbocycles. The first-order chi connectivity index (χ1) is 7.60. The highest BCUT2D eigenvalue weighted by Gasteiger charge is 2.40. The standard InChI is InChI=1S/C11H22N2O2S/c1-13-7-3-5-11(15,10(13)14)9-12-6-4-8-16-2/h12,15H,3-9H2,1-2H3/t11-/m1/s1. The lowest BCUT2D eigenvalue weighted by Crippen LogP contribution is -2.56. The van der Waals surface area contributed by atoms with Crippen molar-refractivity contribution < 1.29 is 9.90 Å². The first-order valence-corrected chi connectivity index (χ1v) is 7.17. The Morgan fingerprint density at radius 2 is 2.38 bits per heavy atom. The highest BCUT2D eigenvalue weighted by Crippen LogP contribution is 2.20. The van der Waals surface area contributed by atoms with Crippen molar-refractivity contribution in [2.24, 2.45) is 0 Å². The fourth-order valence-electron chi connectivity index (χ4n) is 1.97. The summed E-state index contributed by atoms with van der Waals surface area (Å²) in [4.78, 5) is 13.4. The van der Waals surface area contributed by atoms with Gasteiger partial charge in [-0.1, -0.05) is 0 Å². The van der Waals surface area contributed by atoms with E-state index in [-0.39, 0.29) is 5.91 Å². The summed E-state index contributed by atoms with van der Waals surface area (Å²) in [5.41, 5.74) is -1.17. The molecule has 0 aromatic rings. The molecule has 0 spiro atoms. The van der Waals surface area contributed by atoms with Gasteiger partial charge < -0.3 is 15.3 Å². The van der Waals surface area contributed by atoms with E-state index in [0.29, 0.717) is 13.0 Å². The monoisotopic (exact) mass is 246 g/mol. The molecule has 94 valence electrons. The highest BCUT2D eigenvalue weighted by atomic mass is 32.2. The van der Waals surface area contributed by atoms with Crippen LogP contribution >= 0.6 is 11.8 Å². The zero-order chi connectivity index (χ0) is 12.0. The lowest BCUT2D eigenvalue weighted by molar-refractivity contribution is -0.154. The molecule has 1 fully saturated rings. The summed E-state index contributed by atoms with van der Waals surface area (Å²) in [5.74, 6) is 0.968. The predicted molar refractivity (Wildman–Crippen MR) is 67.7 cm³/mol. The molecule has 1 aliphatic rings. The van der Waals surface area contributed by atoms with E-state index < -0.39 is 5.60 Å². The van der Waals surface area contributed by atoms with Crippen molar-refractivity contribution in [1.82, 2.24) is 10.2 Å². The molecular formula is C11H22N2O2S. The Morgan fingerprint density at radius 3 is 3.06 bits per heavy atom. The predicted octanol–water partition coefficient (Wildman–Crippen LogP) is 0.312. The van der Waals surface area contributed by atoms with Gasteiger partial charge in [0.05, 0.1) is 0 Å². The molecule has 4 nitrogen and oxygen atoms in total. The van der Waals surface area contributed by atoms with Gasteiger partial charge in [-0.3, -0.25) is 4.79 Å². The molecule has 0 aromatic heterocycles. The molecule has 5 heteroatoms. The van der Waals surface area contributed by atoms with Gasteiger partial charge in [-0.25, -0.2) is 0 Å². The molecule has 16 heavy (non-hydrogen) atoms. The Labute approximate surface area is 102 Å². The summed E-state index contributed by atoms with van der Waals surface area (Å²) in [7, 11) is 1.75. The maximum Gasteiger partial charge on any atom is 0.255 e. The summed E-state index contributed by atoms with van der Waals surface area (Å²) in [6, 6.07) is 0. The number of rotatable bonds is 6. The summed E-state index contributed by atoms with van der Waals surface area (Å²) < 4.78 is 0. The second-order valence-electron chi connectivity index (χ2n) is 4.38. The van der Waals surface area contributed by atoms with Gasteiger partial charge in [-0.05, 0) is 37.8 Å². The molecular weight excluding hydrogens is 224 g/mol. The van der Waals surface area contributed by atoms with Gasteiger partial charge in [0, 0.05) is 20.1 Å². The molecule has 1 saturated heterocycles. The number of likely N-dealkylation sites (N-methyl/N-ethyl adjacent to an activating group) is 1. The summed E-state index contributed by atoms with van der Waals surface area (Å²) in [6.45, 7) is 2.00.